The Morgan fingerprint density at radius 3 is 2.76 bits per heavy atom. The van der Waals surface area contributed by atoms with Gasteiger partial charge in [-0.25, -0.2) is 13.1 Å². The van der Waals surface area contributed by atoms with Crippen LogP contribution in [0.3, 0.4) is 0 Å². The number of aromatic nitrogens is 2. The summed E-state index contributed by atoms with van der Waals surface area (Å²) in [7, 11) is -2.41. The maximum absolute atomic E-state index is 12.2. The van der Waals surface area contributed by atoms with E-state index in [1.54, 1.807) is 0 Å². The number of non-ortho nitro benzene ring substituents is 1. The molecule has 0 fully saturated rings. The number of rotatable bonds is 6. The molecule has 21 heavy (non-hydrogen) atoms. The Morgan fingerprint density at radius 1 is 1.43 bits per heavy atom. The van der Waals surface area contributed by atoms with Gasteiger partial charge in [0.2, 0.25) is 16.4 Å². The number of nitro benzene ring substituents is 1. The number of hydrogen-bond acceptors (Lipinski definition) is 8. The van der Waals surface area contributed by atoms with Gasteiger partial charge >= 0.3 is 0 Å². The van der Waals surface area contributed by atoms with Crippen LogP contribution in [0.5, 0.6) is 0 Å². The van der Waals surface area contributed by atoms with E-state index in [0.29, 0.717) is 0 Å². The molecule has 0 aliphatic rings. The molecule has 0 spiro atoms. The van der Waals surface area contributed by atoms with Crippen LogP contribution in [-0.2, 0) is 16.6 Å². The van der Waals surface area contributed by atoms with Crippen LogP contribution in [0.2, 0.25) is 0 Å². The highest BCUT2D eigenvalue weighted by Crippen LogP contribution is 2.26. The minimum absolute atomic E-state index is 0.112. The van der Waals surface area contributed by atoms with Crippen molar-refractivity contribution in [2.24, 2.45) is 0 Å². The van der Waals surface area contributed by atoms with Crippen molar-refractivity contribution >= 4 is 21.4 Å². The molecule has 10 nitrogen and oxygen atoms in total. The summed E-state index contributed by atoms with van der Waals surface area (Å²) in [5.41, 5.74) is -0.0960. The number of nitrogens with one attached hydrogen (secondary N) is 2. The van der Waals surface area contributed by atoms with Gasteiger partial charge < -0.3 is 9.84 Å². The zero-order valence-electron chi connectivity index (χ0n) is 10.8. The zero-order valence-corrected chi connectivity index (χ0v) is 11.6. The summed E-state index contributed by atoms with van der Waals surface area (Å²) in [6, 6.07) is 3.41. The Kier molecular flexibility index (Phi) is 4.14. The van der Waals surface area contributed by atoms with Crippen molar-refractivity contribution in [2.45, 2.75) is 11.4 Å². The third-order valence-electron chi connectivity index (χ3n) is 2.56. The summed E-state index contributed by atoms with van der Waals surface area (Å²) in [5.74, 6) is 0.173. The molecule has 0 atom stereocenters. The van der Waals surface area contributed by atoms with E-state index in [1.807, 2.05) is 0 Å². The van der Waals surface area contributed by atoms with Gasteiger partial charge in [-0.1, -0.05) is 5.16 Å². The summed E-state index contributed by atoms with van der Waals surface area (Å²) in [6.45, 7) is -0.154. The lowest BCUT2D eigenvalue weighted by Crippen LogP contribution is -2.24. The molecule has 0 aliphatic carbocycles. The molecule has 0 aliphatic heterocycles. The van der Waals surface area contributed by atoms with E-state index < -0.39 is 14.9 Å². The van der Waals surface area contributed by atoms with Crippen molar-refractivity contribution < 1.29 is 17.9 Å². The van der Waals surface area contributed by atoms with Crippen LogP contribution in [0.15, 0.2) is 34.0 Å². The summed E-state index contributed by atoms with van der Waals surface area (Å²) >= 11 is 0. The molecule has 2 aromatic rings. The largest absolute Gasteiger partial charge is 0.387 e. The predicted octanol–water partition coefficient (Wildman–Crippen LogP) is 0.498. The van der Waals surface area contributed by atoms with E-state index in [4.69, 9.17) is 0 Å². The number of hydrogen-bond donors (Lipinski definition) is 2. The van der Waals surface area contributed by atoms with Crippen LogP contribution < -0.4 is 10.0 Å². The maximum Gasteiger partial charge on any atom is 0.271 e. The van der Waals surface area contributed by atoms with E-state index in [9.17, 15) is 18.5 Å². The smallest absolute Gasteiger partial charge is 0.271 e. The first kappa shape index (κ1) is 14.9. The molecule has 2 N–H and O–H groups in total. The Labute approximate surface area is 119 Å². The van der Waals surface area contributed by atoms with Gasteiger partial charge in [0.05, 0.1) is 17.2 Å². The molecule has 0 radical (unpaired) electrons. The summed E-state index contributed by atoms with van der Waals surface area (Å²) in [5, 5.41) is 16.8. The normalized spacial score (nSPS) is 11.3. The van der Waals surface area contributed by atoms with Gasteiger partial charge in [0, 0.05) is 19.2 Å². The average Bonchev–Trinajstić information content (AvgIpc) is 2.97. The number of nitrogens with zero attached hydrogens (tertiary/aromatic N) is 3. The fourth-order valence-electron chi connectivity index (χ4n) is 1.57. The van der Waals surface area contributed by atoms with Crippen molar-refractivity contribution in [2.75, 3.05) is 12.4 Å². The fourth-order valence-corrected chi connectivity index (χ4v) is 2.74. The second kappa shape index (κ2) is 5.85. The highest BCUT2D eigenvalue weighted by atomic mass is 32.2. The molecular weight excluding hydrogens is 302 g/mol. The molecule has 0 saturated heterocycles. The lowest BCUT2D eigenvalue weighted by Gasteiger charge is -2.10. The second-order valence-corrected chi connectivity index (χ2v) is 5.59. The van der Waals surface area contributed by atoms with Gasteiger partial charge in [-0.15, -0.1) is 0 Å². The average molecular weight is 313 g/mol. The SMILES string of the molecule is CNc1cc([N+](=O)[O-])ccc1S(=O)(=O)NCc1ncon1. The molecule has 0 amide bonds. The van der Waals surface area contributed by atoms with Crippen LogP contribution in [-0.4, -0.2) is 30.5 Å². The van der Waals surface area contributed by atoms with Crippen molar-refractivity contribution in [3.05, 3.63) is 40.5 Å². The number of sulfonamides is 1. The van der Waals surface area contributed by atoms with Crippen molar-refractivity contribution in [3.8, 4) is 0 Å². The molecule has 1 heterocycles. The Balaban J connectivity index is 2.28. The van der Waals surface area contributed by atoms with Crippen molar-refractivity contribution in [3.63, 3.8) is 0 Å². The van der Waals surface area contributed by atoms with Crippen LogP contribution in [0, 0.1) is 10.1 Å². The third-order valence-corrected chi connectivity index (χ3v) is 4.02. The molecule has 0 unspecified atom stereocenters. The van der Waals surface area contributed by atoms with Gasteiger partial charge in [-0.3, -0.25) is 10.1 Å². The summed E-state index contributed by atoms with van der Waals surface area (Å²) in [4.78, 5) is 13.7. The lowest BCUT2D eigenvalue weighted by atomic mass is 10.3. The van der Waals surface area contributed by atoms with E-state index in [2.05, 4.69) is 24.7 Å². The number of nitro groups is 1. The fraction of sp³-hybridized carbons (Fsp3) is 0.200. The molecule has 0 saturated carbocycles. The molecular formula is C10H11N5O5S. The Hall–Kier alpha value is -2.53. The first-order chi connectivity index (χ1) is 9.94. The van der Waals surface area contributed by atoms with E-state index >= 15 is 0 Å². The van der Waals surface area contributed by atoms with Crippen molar-refractivity contribution in [1.82, 2.24) is 14.9 Å². The minimum Gasteiger partial charge on any atom is -0.387 e. The van der Waals surface area contributed by atoms with Gasteiger partial charge in [0.1, 0.15) is 4.90 Å². The topological polar surface area (TPSA) is 140 Å². The van der Waals surface area contributed by atoms with Gasteiger partial charge in [-0.2, -0.15) is 4.98 Å². The van der Waals surface area contributed by atoms with Crippen LogP contribution in [0.1, 0.15) is 5.82 Å². The Bertz CT molecular complexity index is 743. The lowest BCUT2D eigenvalue weighted by molar-refractivity contribution is -0.384. The van der Waals surface area contributed by atoms with E-state index in [-0.39, 0.29) is 28.6 Å². The number of anilines is 1. The Morgan fingerprint density at radius 2 is 2.19 bits per heavy atom. The number of benzene rings is 1. The predicted molar refractivity (Wildman–Crippen MR) is 71.0 cm³/mol. The molecule has 1 aromatic heterocycles. The summed E-state index contributed by atoms with van der Waals surface area (Å²) in [6.07, 6.45) is 1.08. The van der Waals surface area contributed by atoms with Crippen LogP contribution in [0.25, 0.3) is 0 Å². The quantitative estimate of drug-likeness (QED) is 0.580. The van der Waals surface area contributed by atoms with Crippen LogP contribution in [0.4, 0.5) is 11.4 Å². The standard InChI is InChI=1S/C10H11N5O5S/c1-11-8-4-7(15(16)17)2-3-9(8)21(18,19)13-5-10-12-6-20-14-10/h2-4,6,11,13H,5H2,1H3. The second-order valence-electron chi connectivity index (χ2n) is 3.86. The molecule has 112 valence electrons. The van der Waals surface area contributed by atoms with Crippen molar-refractivity contribution in [1.29, 1.82) is 0 Å². The molecule has 1 aromatic carbocycles. The first-order valence-corrected chi connectivity index (χ1v) is 7.13. The third kappa shape index (κ3) is 3.32. The molecule has 0 bridgehead atoms. The van der Waals surface area contributed by atoms with Gasteiger partial charge in [0.15, 0.2) is 5.82 Å². The first-order valence-electron chi connectivity index (χ1n) is 5.65. The highest BCUT2D eigenvalue weighted by Gasteiger charge is 2.21. The monoisotopic (exact) mass is 313 g/mol. The van der Waals surface area contributed by atoms with E-state index in [0.717, 1.165) is 24.6 Å². The molecule has 2 rings (SSSR count). The maximum atomic E-state index is 12.2. The highest BCUT2D eigenvalue weighted by molar-refractivity contribution is 7.89. The zero-order chi connectivity index (χ0) is 15.5. The van der Waals surface area contributed by atoms with Crippen LogP contribution >= 0.6 is 0 Å². The minimum atomic E-state index is -3.88. The van der Waals surface area contributed by atoms with Gasteiger partial charge in [0.25, 0.3) is 5.69 Å². The van der Waals surface area contributed by atoms with E-state index in [1.165, 1.54) is 7.05 Å². The molecule has 11 heteroatoms. The van der Waals surface area contributed by atoms with Gasteiger partial charge in [-0.05, 0) is 6.07 Å². The summed E-state index contributed by atoms with van der Waals surface area (Å²) < 4.78 is 31.1.